The highest BCUT2D eigenvalue weighted by Gasteiger charge is 2.01. The molecule has 0 spiro atoms. The summed E-state index contributed by atoms with van der Waals surface area (Å²) in [5.74, 6) is 4.93. The Balaban J connectivity index is 2.58. The van der Waals surface area contributed by atoms with Gasteiger partial charge in [-0.1, -0.05) is 18.2 Å². The van der Waals surface area contributed by atoms with E-state index in [-0.39, 0.29) is 6.10 Å². The summed E-state index contributed by atoms with van der Waals surface area (Å²) in [5.41, 5.74) is 0.952. The lowest BCUT2D eigenvalue weighted by Gasteiger charge is -2.06. The molecule has 3 N–H and O–H groups in total. The molecule has 0 heterocycles. The summed E-state index contributed by atoms with van der Waals surface area (Å²) in [6.45, 7) is 0. The summed E-state index contributed by atoms with van der Waals surface area (Å²) in [6, 6.07) is 0. The Morgan fingerprint density at radius 2 is 2.60 bits per heavy atom. The third-order valence-corrected chi connectivity index (χ3v) is 1.33. The molecule has 0 aromatic rings. The van der Waals surface area contributed by atoms with E-state index in [0.29, 0.717) is 6.42 Å². The van der Waals surface area contributed by atoms with E-state index in [1.54, 1.807) is 18.4 Å². The molecule has 3 nitrogen and oxygen atoms in total. The van der Waals surface area contributed by atoms with Crippen LogP contribution in [0.2, 0.25) is 0 Å². The van der Waals surface area contributed by atoms with Crippen molar-refractivity contribution in [2.45, 2.75) is 12.5 Å². The zero-order valence-electron chi connectivity index (χ0n) is 5.57. The number of hydrogen-bond donors (Lipinski definition) is 2. The van der Waals surface area contributed by atoms with E-state index in [2.05, 4.69) is 5.10 Å². The molecule has 0 saturated heterocycles. The number of allylic oxidation sites excluding steroid dienone is 2. The summed E-state index contributed by atoms with van der Waals surface area (Å²) >= 11 is 0. The van der Waals surface area contributed by atoms with Gasteiger partial charge in [-0.05, 0) is 12.0 Å². The summed E-state index contributed by atoms with van der Waals surface area (Å²) < 4.78 is 0. The average molecular weight is 138 g/mol. The van der Waals surface area contributed by atoms with Gasteiger partial charge in [-0.3, -0.25) is 0 Å². The van der Waals surface area contributed by atoms with Crippen LogP contribution in [-0.2, 0) is 0 Å². The molecule has 0 aromatic heterocycles. The second-order valence-corrected chi connectivity index (χ2v) is 2.14. The fourth-order valence-corrected chi connectivity index (χ4v) is 0.807. The number of rotatable bonds is 1. The minimum Gasteiger partial charge on any atom is -0.389 e. The zero-order valence-corrected chi connectivity index (χ0v) is 5.57. The van der Waals surface area contributed by atoms with Gasteiger partial charge in [0.2, 0.25) is 0 Å². The summed E-state index contributed by atoms with van der Waals surface area (Å²) in [4.78, 5) is 0. The van der Waals surface area contributed by atoms with Gasteiger partial charge in [-0.25, -0.2) is 0 Å². The van der Waals surface area contributed by atoms with Gasteiger partial charge in [-0.15, -0.1) is 0 Å². The van der Waals surface area contributed by atoms with E-state index in [1.165, 1.54) is 0 Å². The molecule has 0 amide bonds. The van der Waals surface area contributed by atoms with Crippen molar-refractivity contribution < 1.29 is 5.11 Å². The number of hydrogen-bond acceptors (Lipinski definition) is 3. The van der Waals surface area contributed by atoms with Crippen molar-refractivity contribution in [3.8, 4) is 0 Å². The van der Waals surface area contributed by atoms with Crippen LogP contribution >= 0.6 is 0 Å². The van der Waals surface area contributed by atoms with Gasteiger partial charge in [0, 0.05) is 0 Å². The highest BCUT2D eigenvalue weighted by atomic mass is 16.3. The van der Waals surface area contributed by atoms with Crippen molar-refractivity contribution in [1.29, 1.82) is 0 Å². The minimum atomic E-state index is -0.338. The Morgan fingerprint density at radius 3 is 3.10 bits per heavy atom. The maximum absolute atomic E-state index is 8.99. The van der Waals surface area contributed by atoms with Crippen LogP contribution in [0.15, 0.2) is 28.9 Å². The molecule has 0 bridgehead atoms. The molecule has 0 saturated carbocycles. The summed E-state index contributed by atoms with van der Waals surface area (Å²) in [6.07, 6.45) is 7.28. The van der Waals surface area contributed by atoms with Gasteiger partial charge in [0.25, 0.3) is 0 Å². The third-order valence-electron chi connectivity index (χ3n) is 1.33. The quantitative estimate of drug-likeness (QED) is 0.308. The first-order valence-electron chi connectivity index (χ1n) is 3.12. The smallest absolute Gasteiger partial charge is 0.0758 e. The van der Waals surface area contributed by atoms with E-state index < -0.39 is 0 Å². The van der Waals surface area contributed by atoms with E-state index in [4.69, 9.17) is 10.9 Å². The molecular formula is C7H10N2O. The largest absolute Gasteiger partial charge is 0.389 e. The van der Waals surface area contributed by atoms with Crippen molar-refractivity contribution in [2.75, 3.05) is 0 Å². The lowest BCUT2D eigenvalue weighted by atomic mass is 10.1. The topological polar surface area (TPSA) is 58.6 Å². The molecule has 0 fully saturated rings. The lowest BCUT2D eigenvalue weighted by Crippen LogP contribution is -2.04. The molecule has 1 rings (SSSR count). The third kappa shape index (κ3) is 1.70. The highest BCUT2D eigenvalue weighted by Crippen LogP contribution is 2.07. The minimum absolute atomic E-state index is 0.338. The molecule has 3 heteroatoms. The first kappa shape index (κ1) is 7.02. The second kappa shape index (κ2) is 3.17. The van der Waals surface area contributed by atoms with Crippen LogP contribution in [0.5, 0.6) is 0 Å². The van der Waals surface area contributed by atoms with E-state index in [1.807, 2.05) is 6.08 Å². The monoisotopic (exact) mass is 138 g/mol. The Bertz CT molecular complexity index is 194. The van der Waals surface area contributed by atoms with Crippen molar-refractivity contribution >= 4 is 6.21 Å². The Kier molecular flexibility index (Phi) is 2.23. The number of nitrogens with two attached hydrogens (primary N) is 1. The van der Waals surface area contributed by atoms with Crippen LogP contribution in [0.1, 0.15) is 6.42 Å². The standard InChI is InChI=1S/C7H10N2O/c8-9-5-6-1-3-7(10)4-2-6/h1-3,5,7,10H,4,8H2/b9-5+. The fraction of sp³-hybridized carbons (Fsp3) is 0.286. The van der Waals surface area contributed by atoms with Gasteiger partial charge in [0.15, 0.2) is 0 Å². The van der Waals surface area contributed by atoms with Gasteiger partial charge in [-0.2, -0.15) is 5.10 Å². The van der Waals surface area contributed by atoms with Gasteiger partial charge < -0.3 is 10.9 Å². The maximum atomic E-state index is 8.99. The van der Waals surface area contributed by atoms with Gasteiger partial charge in [0.05, 0.1) is 12.3 Å². The summed E-state index contributed by atoms with van der Waals surface area (Å²) in [5, 5.41) is 12.3. The highest BCUT2D eigenvalue weighted by molar-refractivity contribution is 5.82. The first-order chi connectivity index (χ1) is 4.83. The second-order valence-electron chi connectivity index (χ2n) is 2.14. The number of aliphatic hydroxyl groups is 1. The normalized spacial score (nSPS) is 25.3. The van der Waals surface area contributed by atoms with Crippen LogP contribution in [0.25, 0.3) is 0 Å². The molecule has 1 unspecified atom stereocenters. The Hall–Kier alpha value is -1.09. The average Bonchev–Trinajstić information content (AvgIpc) is 1.95. The van der Waals surface area contributed by atoms with Crippen LogP contribution in [-0.4, -0.2) is 17.4 Å². The van der Waals surface area contributed by atoms with Crippen LogP contribution in [0.3, 0.4) is 0 Å². The molecule has 0 radical (unpaired) electrons. The number of hydrazone groups is 1. The Labute approximate surface area is 59.5 Å². The van der Waals surface area contributed by atoms with Gasteiger partial charge in [0.1, 0.15) is 0 Å². The lowest BCUT2D eigenvalue weighted by molar-refractivity contribution is 0.225. The van der Waals surface area contributed by atoms with Crippen LogP contribution in [0, 0.1) is 0 Å². The molecule has 0 aliphatic heterocycles. The molecule has 1 aliphatic rings. The van der Waals surface area contributed by atoms with E-state index in [9.17, 15) is 0 Å². The van der Waals surface area contributed by atoms with Crippen molar-refractivity contribution in [2.24, 2.45) is 10.9 Å². The van der Waals surface area contributed by atoms with Crippen LogP contribution in [0.4, 0.5) is 0 Å². The number of aliphatic hydroxyl groups excluding tert-OH is 1. The molecule has 10 heavy (non-hydrogen) atoms. The van der Waals surface area contributed by atoms with Crippen molar-refractivity contribution in [1.82, 2.24) is 0 Å². The zero-order chi connectivity index (χ0) is 7.40. The molecular weight excluding hydrogens is 128 g/mol. The predicted molar refractivity (Wildman–Crippen MR) is 40.5 cm³/mol. The maximum Gasteiger partial charge on any atom is 0.0758 e. The predicted octanol–water partition coefficient (Wildman–Crippen LogP) is 0.178. The van der Waals surface area contributed by atoms with Crippen molar-refractivity contribution in [3.05, 3.63) is 23.8 Å². The van der Waals surface area contributed by atoms with E-state index in [0.717, 1.165) is 5.57 Å². The van der Waals surface area contributed by atoms with Crippen LogP contribution < -0.4 is 5.84 Å². The fourth-order valence-electron chi connectivity index (χ4n) is 0.807. The molecule has 1 aliphatic carbocycles. The first-order valence-corrected chi connectivity index (χ1v) is 3.12. The summed E-state index contributed by atoms with van der Waals surface area (Å²) in [7, 11) is 0. The molecule has 0 aromatic carbocycles. The number of nitrogens with zero attached hydrogens (tertiary/aromatic N) is 1. The molecule has 1 atom stereocenters. The molecule has 54 valence electrons. The van der Waals surface area contributed by atoms with E-state index >= 15 is 0 Å². The van der Waals surface area contributed by atoms with Crippen molar-refractivity contribution in [3.63, 3.8) is 0 Å². The SMILES string of the molecule is N/N=C/C1=CCC(O)C=C1. The Morgan fingerprint density at radius 1 is 1.80 bits per heavy atom. The van der Waals surface area contributed by atoms with Gasteiger partial charge >= 0.3 is 0 Å².